The Hall–Kier alpha value is -0.0800. The van der Waals surface area contributed by atoms with E-state index in [0.29, 0.717) is 5.41 Å². The van der Waals surface area contributed by atoms with Crippen LogP contribution in [-0.2, 0) is 0 Å². The van der Waals surface area contributed by atoms with Gasteiger partial charge in [-0.05, 0) is 51.1 Å². The summed E-state index contributed by atoms with van der Waals surface area (Å²) in [5, 5.41) is 3.74. The Morgan fingerprint density at radius 1 is 1.00 bits per heavy atom. The highest BCUT2D eigenvalue weighted by molar-refractivity contribution is 4.88. The second-order valence-electron chi connectivity index (χ2n) is 7.44. The minimum absolute atomic E-state index is 0.559. The van der Waals surface area contributed by atoms with Gasteiger partial charge in [0, 0.05) is 19.1 Å². The van der Waals surface area contributed by atoms with E-state index in [1.807, 2.05) is 0 Å². The molecule has 2 heteroatoms. The lowest BCUT2D eigenvalue weighted by Gasteiger charge is -2.39. The normalized spacial score (nSPS) is 24.1. The minimum Gasteiger partial charge on any atom is -0.316 e. The van der Waals surface area contributed by atoms with E-state index in [0.717, 1.165) is 6.04 Å². The summed E-state index contributed by atoms with van der Waals surface area (Å²) in [5.74, 6) is 0. The molecule has 0 unspecified atom stereocenters. The molecule has 2 saturated carbocycles. The SMILES string of the molecule is CCCNCC1(CN(C)C2CCCC2)CCCCCC1. The molecule has 0 spiro atoms. The molecule has 2 fully saturated rings. The van der Waals surface area contributed by atoms with Crippen LogP contribution in [0.5, 0.6) is 0 Å². The Morgan fingerprint density at radius 3 is 2.25 bits per heavy atom. The third-order valence-corrected chi connectivity index (χ3v) is 5.62. The first kappa shape index (κ1) is 16.3. The van der Waals surface area contributed by atoms with E-state index >= 15 is 0 Å². The van der Waals surface area contributed by atoms with E-state index in [1.54, 1.807) is 0 Å². The third-order valence-electron chi connectivity index (χ3n) is 5.62. The second kappa shape index (κ2) is 8.38. The smallest absolute Gasteiger partial charge is 0.00924 e. The molecule has 2 aliphatic carbocycles. The Bertz CT molecular complexity index is 250. The van der Waals surface area contributed by atoms with Crippen LogP contribution < -0.4 is 5.32 Å². The first-order valence-corrected chi connectivity index (χ1v) is 9.17. The molecule has 2 aliphatic rings. The van der Waals surface area contributed by atoms with Gasteiger partial charge in [-0.3, -0.25) is 0 Å². The maximum absolute atomic E-state index is 3.74. The highest BCUT2D eigenvalue weighted by Crippen LogP contribution is 2.36. The van der Waals surface area contributed by atoms with E-state index in [1.165, 1.54) is 90.3 Å². The van der Waals surface area contributed by atoms with Crippen molar-refractivity contribution in [2.75, 3.05) is 26.7 Å². The van der Waals surface area contributed by atoms with Gasteiger partial charge < -0.3 is 10.2 Å². The van der Waals surface area contributed by atoms with E-state index in [4.69, 9.17) is 0 Å². The van der Waals surface area contributed by atoms with Gasteiger partial charge in [0.05, 0.1) is 0 Å². The topological polar surface area (TPSA) is 15.3 Å². The van der Waals surface area contributed by atoms with Crippen molar-refractivity contribution in [2.45, 2.75) is 83.6 Å². The average Bonchev–Trinajstić information content (AvgIpc) is 2.88. The third kappa shape index (κ3) is 4.73. The first-order chi connectivity index (χ1) is 9.76. The molecule has 2 rings (SSSR count). The molecule has 0 atom stereocenters. The maximum Gasteiger partial charge on any atom is 0.00924 e. The molecule has 2 nitrogen and oxygen atoms in total. The zero-order valence-corrected chi connectivity index (χ0v) is 13.9. The second-order valence-corrected chi connectivity index (χ2v) is 7.44. The van der Waals surface area contributed by atoms with Crippen molar-refractivity contribution >= 4 is 0 Å². The Labute approximate surface area is 126 Å². The molecular weight excluding hydrogens is 244 g/mol. The van der Waals surface area contributed by atoms with Crippen molar-refractivity contribution in [3.63, 3.8) is 0 Å². The lowest BCUT2D eigenvalue weighted by atomic mass is 9.79. The molecule has 0 radical (unpaired) electrons. The molecule has 0 amide bonds. The lowest BCUT2D eigenvalue weighted by molar-refractivity contribution is 0.116. The van der Waals surface area contributed by atoms with Gasteiger partial charge in [-0.25, -0.2) is 0 Å². The molecule has 118 valence electrons. The van der Waals surface area contributed by atoms with Crippen molar-refractivity contribution in [1.82, 2.24) is 10.2 Å². The monoisotopic (exact) mass is 280 g/mol. The zero-order chi connectivity index (χ0) is 14.3. The molecule has 0 aromatic carbocycles. The van der Waals surface area contributed by atoms with Crippen LogP contribution in [0.1, 0.15) is 77.6 Å². The summed E-state index contributed by atoms with van der Waals surface area (Å²) < 4.78 is 0. The summed E-state index contributed by atoms with van der Waals surface area (Å²) in [4.78, 5) is 2.71. The van der Waals surface area contributed by atoms with Gasteiger partial charge in [0.2, 0.25) is 0 Å². The maximum atomic E-state index is 3.74. The van der Waals surface area contributed by atoms with Crippen LogP contribution in [0, 0.1) is 5.41 Å². The Kier molecular flexibility index (Phi) is 6.83. The van der Waals surface area contributed by atoms with Crippen LogP contribution in [0.25, 0.3) is 0 Å². The van der Waals surface area contributed by atoms with E-state index in [-0.39, 0.29) is 0 Å². The van der Waals surface area contributed by atoms with Crippen LogP contribution in [0.3, 0.4) is 0 Å². The number of rotatable bonds is 7. The Balaban J connectivity index is 1.92. The first-order valence-electron chi connectivity index (χ1n) is 9.17. The quantitative estimate of drug-likeness (QED) is 0.555. The van der Waals surface area contributed by atoms with Crippen LogP contribution in [0.4, 0.5) is 0 Å². The molecule has 0 heterocycles. The number of nitrogens with one attached hydrogen (secondary N) is 1. The van der Waals surface area contributed by atoms with Crippen LogP contribution in [0.2, 0.25) is 0 Å². The fourth-order valence-corrected chi connectivity index (χ4v) is 4.40. The van der Waals surface area contributed by atoms with Gasteiger partial charge in [-0.15, -0.1) is 0 Å². The highest BCUT2D eigenvalue weighted by Gasteiger charge is 2.33. The predicted octanol–water partition coefficient (Wildman–Crippen LogP) is 4.20. The van der Waals surface area contributed by atoms with Gasteiger partial charge in [-0.1, -0.05) is 45.4 Å². The molecule has 1 N–H and O–H groups in total. The van der Waals surface area contributed by atoms with E-state index < -0.39 is 0 Å². The standard InChI is InChI=1S/C18H36N2/c1-3-14-19-15-18(12-8-4-5-9-13-18)16-20(2)17-10-6-7-11-17/h17,19H,3-16H2,1-2H3. The molecule has 20 heavy (non-hydrogen) atoms. The van der Waals surface area contributed by atoms with E-state index in [9.17, 15) is 0 Å². The summed E-state index contributed by atoms with van der Waals surface area (Å²) in [6, 6.07) is 0.876. The van der Waals surface area contributed by atoms with Crippen molar-refractivity contribution in [3.8, 4) is 0 Å². The molecule has 0 bridgehead atoms. The average molecular weight is 280 g/mol. The summed E-state index contributed by atoms with van der Waals surface area (Å²) in [6.07, 6.45) is 15.8. The van der Waals surface area contributed by atoms with Crippen molar-refractivity contribution in [2.24, 2.45) is 5.41 Å². The number of hydrogen-bond acceptors (Lipinski definition) is 2. The summed E-state index contributed by atoms with van der Waals surface area (Å²) >= 11 is 0. The molecule has 0 saturated heterocycles. The van der Waals surface area contributed by atoms with Crippen LogP contribution >= 0.6 is 0 Å². The zero-order valence-electron chi connectivity index (χ0n) is 13.9. The van der Waals surface area contributed by atoms with Crippen molar-refractivity contribution in [3.05, 3.63) is 0 Å². The molecule has 0 aromatic rings. The largest absolute Gasteiger partial charge is 0.316 e. The van der Waals surface area contributed by atoms with Crippen molar-refractivity contribution in [1.29, 1.82) is 0 Å². The number of nitrogens with zero attached hydrogens (tertiary/aromatic N) is 1. The van der Waals surface area contributed by atoms with E-state index in [2.05, 4.69) is 24.2 Å². The lowest BCUT2D eigenvalue weighted by Crippen LogP contribution is -2.45. The van der Waals surface area contributed by atoms with Gasteiger partial charge >= 0.3 is 0 Å². The van der Waals surface area contributed by atoms with Crippen LogP contribution in [-0.4, -0.2) is 37.6 Å². The summed E-state index contributed by atoms with van der Waals surface area (Å²) in [5.41, 5.74) is 0.559. The Morgan fingerprint density at radius 2 is 1.65 bits per heavy atom. The summed E-state index contributed by atoms with van der Waals surface area (Å²) in [6.45, 7) is 6.04. The predicted molar refractivity (Wildman–Crippen MR) is 88.2 cm³/mol. The van der Waals surface area contributed by atoms with Gasteiger partial charge in [0.1, 0.15) is 0 Å². The van der Waals surface area contributed by atoms with Gasteiger partial charge in [0.15, 0.2) is 0 Å². The van der Waals surface area contributed by atoms with Gasteiger partial charge in [-0.2, -0.15) is 0 Å². The van der Waals surface area contributed by atoms with Crippen molar-refractivity contribution < 1.29 is 0 Å². The molecular formula is C18H36N2. The summed E-state index contributed by atoms with van der Waals surface area (Å²) in [7, 11) is 2.39. The number of hydrogen-bond donors (Lipinski definition) is 1. The van der Waals surface area contributed by atoms with Crippen LogP contribution in [0.15, 0.2) is 0 Å². The molecule has 0 aromatic heterocycles. The molecule has 0 aliphatic heterocycles. The fraction of sp³-hybridized carbons (Fsp3) is 1.00. The minimum atomic E-state index is 0.559. The van der Waals surface area contributed by atoms with Gasteiger partial charge in [0.25, 0.3) is 0 Å². The fourth-order valence-electron chi connectivity index (χ4n) is 4.40. The highest BCUT2D eigenvalue weighted by atomic mass is 15.1.